The van der Waals surface area contributed by atoms with E-state index in [9.17, 15) is 19.2 Å². The summed E-state index contributed by atoms with van der Waals surface area (Å²) in [6, 6.07) is -1.85. The number of primary amides is 2. The van der Waals surface area contributed by atoms with Crippen molar-refractivity contribution in [2.45, 2.75) is 44.2 Å². The van der Waals surface area contributed by atoms with Crippen LogP contribution in [0.15, 0.2) is 0 Å². The molecule has 0 aromatic carbocycles. The molecule has 0 rings (SSSR count). The fraction of sp³-hybridized carbons (Fsp3) is 0.692. The zero-order valence-corrected chi connectivity index (χ0v) is 13.8. The van der Waals surface area contributed by atoms with Crippen LogP contribution in [0.3, 0.4) is 0 Å². The number of thiol groups is 1. The van der Waals surface area contributed by atoms with Gasteiger partial charge in [-0.3, -0.25) is 19.2 Å². The molecule has 0 bridgehead atoms. The van der Waals surface area contributed by atoms with Crippen molar-refractivity contribution >= 4 is 36.3 Å². The van der Waals surface area contributed by atoms with Gasteiger partial charge < -0.3 is 27.8 Å². The van der Waals surface area contributed by atoms with Gasteiger partial charge in [-0.1, -0.05) is 0 Å². The molecule has 0 unspecified atom stereocenters. The lowest BCUT2D eigenvalue weighted by molar-refractivity contribution is -0.131. The van der Waals surface area contributed by atoms with Crippen molar-refractivity contribution in [3.63, 3.8) is 0 Å². The van der Waals surface area contributed by atoms with E-state index in [0.29, 0.717) is 25.8 Å². The number of rotatable bonds is 12. The highest BCUT2D eigenvalue weighted by Gasteiger charge is 2.25. The fourth-order valence-corrected chi connectivity index (χ4v) is 1.94. The summed E-state index contributed by atoms with van der Waals surface area (Å²) in [5.41, 5.74) is 15.7. The van der Waals surface area contributed by atoms with Crippen molar-refractivity contribution < 1.29 is 19.2 Å². The third-order valence-corrected chi connectivity index (χ3v) is 3.37. The molecule has 2 atom stereocenters. The molecule has 10 heteroatoms. The third kappa shape index (κ3) is 9.74. The second-order valence-corrected chi connectivity index (χ2v) is 5.35. The van der Waals surface area contributed by atoms with Crippen LogP contribution in [0.4, 0.5) is 0 Å². The van der Waals surface area contributed by atoms with Gasteiger partial charge in [0.05, 0.1) is 5.75 Å². The summed E-state index contributed by atoms with van der Waals surface area (Å²) < 4.78 is 0. The summed E-state index contributed by atoms with van der Waals surface area (Å²) in [5.74, 6) is -2.47. The Bertz CT molecular complexity index is 433. The summed E-state index contributed by atoms with van der Waals surface area (Å²) in [6.45, 7) is 0.471. The van der Waals surface area contributed by atoms with Crippen LogP contribution in [0.1, 0.15) is 32.1 Å². The predicted molar refractivity (Wildman–Crippen MR) is 88.2 cm³/mol. The molecule has 0 saturated heterocycles. The third-order valence-electron chi connectivity index (χ3n) is 3.08. The lowest BCUT2D eigenvalue weighted by atomic mass is 10.1. The zero-order valence-electron chi connectivity index (χ0n) is 12.9. The molecule has 0 fully saturated rings. The van der Waals surface area contributed by atoms with Gasteiger partial charge in [-0.15, -0.1) is 0 Å². The summed E-state index contributed by atoms with van der Waals surface area (Å²) >= 11 is 3.81. The van der Waals surface area contributed by atoms with Crippen molar-refractivity contribution in [1.82, 2.24) is 10.6 Å². The first kappa shape index (κ1) is 21.2. The van der Waals surface area contributed by atoms with E-state index < -0.39 is 35.7 Å². The molecule has 0 heterocycles. The monoisotopic (exact) mass is 347 g/mol. The maximum atomic E-state index is 12.2. The van der Waals surface area contributed by atoms with Crippen LogP contribution < -0.4 is 27.8 Å². The number of amides is 4. The van der Waals surface area contributed by atoms with Crippen molar-refractivity contribution in [2.75, 3.05) is 12.3 Å². The van der Waals surface area contributed by atoms with E-state index in [1.54, 1.807) is 0 Å². The van der Waals surface area contributed by atoms with Gasteiger partial charge in [0.15, 0.2) is 0 Å². The molecule has 0 aliphatic rings. The fourth-order valence-electron chi connectivity index (χ4n) is 1.85. The first-order valence-corrected chi connectivity index (χ1v) is 7.93. The minimum absolute atomic E-state index is 0.0228. The number of carbonyl (C=O) groups is 4. The molecule has 4 amide bonds. The Morgan fingerprint density at radius 3 is 2.09 bits per heavy atom. The Balaban J connectivity index is 4.77. The second-order valence-electron chi connectivity index (χ2n) is 5.03. The Morgan fingerprint density at radius 1 is 0.957 bits per heavy atom. The summed E-state index contributed by atoms with van der Waals surface area (Å²) in [7, 11) is 0. The van der Waals surface area contributed by atoms with Crippen LogP contribution in [-0.2, 0) is 19.2 Å². The molecular weight excluding hydrogens is 322 g/mol. The van der Waals surface area contributed by atoms with Crippen LogP contribution in [0.2, 0.25) is 0 Å². The normalized spacial score (nSPS) is 13.0. The number of hydrogen-bond donors (Lipinski definition) is 6. The second kappa shape index (κ2) is 11.7. The topological polar surface area (TPSA) is 170 Å². The van der Waals surface area contributed by atoms with Crippen molar-refractivity contribution in [1.29, 1.82) is 0 Å². The SMILES string of the molecule is NCCCC[C@H](NC(=O)[C@H](CCC(N)=O)NC(=O)CS)C(N)=O. The van der Waals surface area contributed by atoms with Crippen LogP contribution >= 0.6 is 12.6 Å². The van der Waals surface area contributed by atoms with Crippen molar-refractivity contribution in [2.24, 2.45) is 17.2 Å². The number of nitrogens with two attached hydrogens (primary N) is 3. The zero-order chi connectivity index (χ0) is 17.8. The highest BCUT2D eigenvalue weighted by Crippen LogP contribution is 2.03. The minimum Gasteiger partial charge on any atom is -0.370 e. The molecule has 23 heavy (non-hydrogen) atoms. The summed E-state index contributed by atoms with van der Waals surface area (Å²) in [6.07, 6.45) is 1.61. The highest BCUT2D eigenvalue weighted by molar-refractivity contribution is 7.81. The summed E-state index contributed by atoms with van der Waals surface area (Å²) in [4.78, 5) is 45.9. The van der Waals surface area contributed by atoms with Gasteiger partial charge in [0.1, 0.15) is 12.1 Å². The van der Waals surface area contributed by atoms with Gasteiger partial charge in [0, 0.05) is 6.42 Å². The standard InChI is InChI=1S/C13H25N5O4S/c14-6-2-1-3-8(12(16)21)18-13(22)9(4-5-10(15)19)17-11(20)7-23/h8-9,23H,1-7,14H2,(H2,15,19)(H2,16,21)(H,17,20)(H,18,22)/t8-,9-/m0/s1. The van der Waals surface area contributed by atoms with E-state index >= 15 is 0 Å². The number of carbonyl (C=O) groups excluding carboxylic acids is 4. The molecular formula is C13H25N5O4S. The van der Waals surface area contributed by atoms with Crippen LogP contribution in [-0.4, -0.2) is 48.0 Å². The van der Waals surface area contributed by atoms with E-state index in [2.05, 4.69) is 23.3 Å². The van der Waals surface area contributed by atoms with E-state index in [1.165, 1.54) is 0 Å². The van der Waals surface area contributed by atoms with E-state index in [0.717, 1.165) is 0 Å². The Morgan fingerprint density at radius 2 is 1.61 bits per heavy atom. The van der Waals surface area contributed by atoms with Gasteiger partial charge >= 0.3 is 0 Å². The number of unbranched alkanes of at least 4 members (excludes halogenated alkanes) is 1. The predicted octanol–water partition coefficient (Wildman–Crippen LogP) is -2.23. The average Bonchev–Trinajstić information content (AvgIpc) is 2.49. The average molecular weight is 347 g/mol. The molecule has 0 radical (unpaired) electrons. The number of nitrogens with one attached hydrogen (secondary N) is 2. The molecule has 0 aromatic heterocycles. The maximum Gasteiger partial charge on any atom is 0.243 e. The molecule has 0 aliphatic carbocycles. The lowest BCUT2D eigenvalue weighted by Crippen LogP contribution is -2.53. The highest BCUT2D eigenvalue weighted by atomic mass is 32.1. The quantitative estimate of drug-likeness (QED) is 0.173. The van der Waals surface area contributed by atoms with Crippen LogP contribution in [0.5, 0.6) is 0 Å². The minimum atomic E-state index is -0.987. The van der Waals surface area contributed by atoms with Crippen molar-refractivity contribution in [3.8, 4) is 0 Å². The van der Waals surface area contributed by atoms with Gasteiger partial charge in [0.2, 0.25) is 23.6 Å². The molecule has 132 valence electrons. The molecule has 8 N–H and O–H groups in total. The van der Waals surface area contributed by atoms with Gasteiger partial charge in [-0.05, 0) is 32.2 Å². The smallest absolute Gasteiger partial charge is 0.243 e. The van der Waals surface area contributed by atoms with Gasteiger partial charge in [-0.2, -0.15) is 12.6 Å². The maximum absolute atomic E-state index is 12.2. The van der Waals surface area contributed by atoms with Gasteiger partial charge in [0.25, 0.3) is 0 Å². The number of hydrogen-bond acceptors (Lipinski definition) is 6. The molecule has 9 nitrogen and oxygen atoms in total. The van der Waals surface area contributed by atoms with E-state index in [4.69, 9.17) is 17.2 Å². The summed E-state index contributed by atoms with van der Waals surface area (Å²) in [5, 5.41) is 4.91. The Hall–Kier alpha value is -1.81. The molecule has 0 aliphatic heterocycles. The largest absolute Gasteiger partial charge is 0.370 e. The van der Waals surface area contributed by atoms with Crippen molar-refractivity contribution in [3.05, 3.63) is 0 Å². The van der Waals surface area contributed by atoms with Gasteiger partial charge in [-0.25, -0.2) is 0 Å². The first-order chi connectivity index (χ1) is 10.8. The Kier molecular flexibility index (Phi) is 10.8. The first-order valence-electron chi connectivity index (χ1n) is 7.30. The van der Waals surface area contributed by atoms with E-state index in [1.807, 2.05) is 0 Å². The molecule has 0 spiro atoms. The Labute approximate surface area is 140 Å². The van der Waals surface area contributed by atoms with Crippen LogP contribution in [0.25, 0.3) is 0 Å². The van der Waals surface area contributed by atoms with E-state index in [-0.39, 0.29) is 18.6 Å². The molecule has 0 saturated carbocycles. The molecule has 0 aromatic rings. The lowest BCUT2D eigenvalue weighted by Gasteiger charge is -2.21. The van der Waals surface area contributed by atoms with Crippen LogP contribution in [0, 0.1) is 0 Å².